The van der Waals surface area contributed by atoms with E-state index in [2.05, 4.69) is 0 Å². The maximum absolute atomic E-state index is 9.28. The molecule has 0 spiro atoms. The molecule has 0 amide bonds. The number of rotatable bonds is 2. The third-order valence-corrected chi connectivity index (χ3v) is 2.67. The number of anilines is 1. The smallest absolute Gasteiger partial charge is 0.164 e. The van der Waals surface area contributed by atoms with Crippen molar-refractivity contribution in [2.24, 2.45) is 0 Å². The van der Waals surface area contributed by atoms with Crippen LogP contribution in [0.2, 0.25) is 0 Å². The molecule has 1 fully saturated rings. The quantitative estimate of drug-likeness (QED) is 0.745. The highest BCUT2D eigenvalue weighted by molar-refractivity contribution is 5.48. The van der Waals surface area contributed by atoms with Gasteiger partial charge in [0.1, 0.15) is 12.2 Å². The fourth-order valence-electron chi connectivity index (χ4n) is 2.00. The molecular formula is C12H17NO3. The maximum atomic E-state index is 9.28. The monoisotopic (exact) mass is 223 g/mol. The molecule has 2 rings (SSSR count). The molecule has 0 bridgehead atoms. The van der Waals surface area contributed by atoms with E-state index in [1.165, 1.54) is 0 Å². The lowest BCUT2D eigenvalue weighted by molar-refractivity contribution is -0.149. The summed E-state index contributed by atoms with van der Waals surface area (Å²) in [6.45, 7) is 3.58. The van der Waals surface area contributed by atoms with Gasteiger partial charge in [0.05, 0.1) is 6.61 Å². The Balaban J connectivity index is 2.30. The first-order valence-corrected chi connectivity index (χ1v) is 5.34. The first-order valence-electron chi connectivity index (χ1n) is 5.34. The minimum Gasteiger partial charge on any atom is -0.398 e. The number of aliphatic hydroxyl groups is 1. The average molecular weight is 223 g/mol. The predicted octanol–water partition coefficient (Wildman–Crippen LogP) is 1.45. The Morgan fingerprint density at radius 3 is 2.62 bits per heavy atom. The van der Waals surface area contributed by atoms with E-state index in [4.69, 9.17) is 15.2 Å². The van der Waals surface area contributed by atoms with E-state index in [-0.39, 0.29) is 18.8 Å². The van der Waals surface area contributed by atoms with Crippen molar-refractivity contribution < 1.29 is 14.6 Å². The molecule has 0 radical (unpaired) electrons. The Hall–Kier alpha value is -1.10. The first kappa shape index (κ1) is 11.4. The zero-order chi connectivity index (χ0) is 11.8. The maximum Gasteiger partial charge on any atom is 0.164 e. The number of para-hydroxylation sites is 1. The zero-order valence-electron chi connectivity index (χ0n) is 9.51. The van der Waals surface area contributed by atoms with Gasteiger partial charge in [-0.2, -0.15) is 0 Å². The standard InChI is InChI=1S/C12H17NO3/c1-12(2)15-10(7-14)11(16-12)8-5-3-4-6-9(8)13/h3-6,10-11,14H,7,13H2,1-2H3/t10-,11-/m0/s1. The van der Waals surface area contributed by atoms with E-state index < -0.39 is 5.79 Å². The SMILES string of the molecule is CC1(C)O[C@@H](CO)[C@H](c2ccccc2N)O1. The van der Waals surface area contributed by atoms with Crippen LogP contribution >= 0.6 is 0 Å². The zero-order valence-corrected chi connectivity index (χ0v) is 9.51. The molecule has 1 saturated heterocycles. The molecule has 0 aliphatic carbocycles. The van der Waals surface area contributed by atoms with Gasteiger partial charge in [-0.05, 0) is 19.9 Å². The van der Waals surface area contributed by atoms with Crippen LogP contribution in [0.25, 0.3) is 0 Å². The molecule has 1 heterocycles. The first-order chi connectivity index (χ1) is 7.53. The van der Waals surface area contributed by atoms with Crippen molar-refractivity contribution in [3.63, 3.8) is 0 Å². The summed E-state index contributed by atoms with van der Waals surface area (Å²) >= 11 is 0. The molecule has 2 atom stereocenters. The lowest BCUT2D eigenvalue weighted by atomic mass is 10.0. The molecular weight excluding hydrogens is 206 g/mol. The molecule has 1 aliphatic heterocycles. The van der Waals surface area contributed by atoms with Crippen LogP contribution in [0.15, 0.2) is 24.3 Å². The molecule has 1 aromatic rings. The van der Waals surface area contributed by atoms with Crippen molar-refractivity contribution in [2.45, 2.75) is 31.8 Å². The lowest BCUT2D eigenvalue weighted by Crippen LogP contribution is -2.23. The van der Waals surface area contributed by atoms with Gasteiger partial charge in [0.2, 0.25) is 0 Å². The fraction of sp³-hybridized carbons (Fsp3) is 0.500. The van der Waals surface area contributed by atoms with Gasteiger partial charge in [0, 0.05) is 11.3 Å². The topological polar surface area (TPSA) is 64.7 Å². The van der Waals surface area contributed by atoms with E-state index in [0.29, 0.717) is 5.69 Å². The van der Waals surface area contributed by atoms with Gasteiger partial charge in [0.25, 0.3) is 0 Å². The second-order valence-electron chi connectivity index (χ2n) is 4.41. The van der Waals surface area contributed by atoms with Crippen LogP contribution in [0.4, 0.5) is 5.69 Å². The van der Waals surface area contributed by atoms with Crippen LogP contribution in [0.5, 0.6) is 0 Å². The van der Waals surface area contributed by atoms with Crippen LogP contribution in [-0.2, 0) is 9.47 Å². The van der Waals surface area contributed by atoms with Crippen LogP contribution in [0.1, 0.15) is 25.5 Å². The summed E-state index contributed by atoms with van der Waals surface area (Å²) in [4.78, 5) is 0. The highest BCUT2D eigenvalue weighted by Gasteiger charge is 2.42. The van der Waals surface area contributed by atoms with Gasteiger partial charge < -0.3 is 20.3 Å². The third-order valence-electron chi connectivity index (χ3n) is 2.67. The number of aliphatic hydroxyl groups excluding tert-OH is 1. The highest BCUT2D eigenvalue weighted by atomic mass is 16.8. The molecule has 88 valence electrons. The van der Waals surface area contributed by atoms with E-state index in [9.17, 15) is 5.11 Å². The molecule has 4 nitrogen and oxygen atoms in total. The van der Waals surface area contributed by atoms with Crippen molar-refractivity contribution in [2.75, 3.05) is 12.3 Å². The van der Waals surface area contributed by atoms with Crippen LogP contribution in [-0.4, -0.2) is 23.6 Å². The van der Waals surface area contributed by atoms with Gasteiger partial charge in [-0.25, -0.2) is 0 Å². The Morgan fingerprint density at radius 2 is 2.00 bits per heavy atom. The van der Waals surface area contributed by atoms with Crippen molar-refractivity contribution in [1.29, 1.82) is 0 Å². The molecule has 0 saturated carbocycles. The Kier molecular flexibility index (Phi) is 2.88. The summed E-state index contributed by atoms with van der Waals surface area (Å²) in [5.41, 5.74) is 7.42. The van der Waals surface area contributed by atoms with E-state index in [0.717, 1.165) is 5.56 Å². The minimum absolute atomic E-state index is 0.0809. The number of nitrogen functional groups attached to an aromatic ring is 1. The van der Waals surface area contributed by atoms with Gasteiger partial charge in [-0.1, -0.05) is 18.2 Å². The van der Waals surface area contributed by atoms with Gasteiger partial charge in [0.15, 0.2) is 5.79 Å². The molecule has 16 heavy (non-hydrogen) atoms. The summed E-state index contributed by atoms with van der Waals surface area (Å²) in [5, 5.41) is 9.28. The van der Waals surface area contributed by atoms with Crippen molar-refractivity contribution in [3.05, 3.63) is 29.8 Å². The van der Waals surface area contributed by atoms with Crippen LogP contribution in [0, 0.1) is 0 Å². The molecule has 3 N–H and O–H groups in total. The number of hydrogen-bond acceptors (Lipinski definition) is 4. The normalized spacial score (nSPS) is 28.2. The molecule has 1 aromatic carbocycles. The summed E-state index contributed by atoms with van der Waals surface area (Å²) in [6.07, 6.45) is -0.666. The van der Waals surface area contributed by atoms with Crippen molar-refractivity contribution in [3.8, 4) is 0 Å². The van der Waals surface area contributed by atoms with Gasteiger partial charge in [-0.3, -0.25) is 0 Å². The minimum atomic E-state index is -0.680. The van der Waals surface area contributed by atoms with Crippen molar-refractivity contribution >= 4 is 5.69 Å². The van der Waals surface area contributed by atoms with E-state index in [1.807, 2.05) is 38.1 Å². The second-order valence-corrected chi connectivity index (χ2v) is 4.41. The largest absolute Gasteiger partial charge is 0.398 e. The number of hydrogen-bond donors (Lipinski definition) is 2. The van der Waals surface area contributed by atoms with Gasteiger partial charge >= 0.3 is 0 Å². The molecule has 1 aliphatic rings. The lowest BCUT2D eigenvalue weighted by Gasteiger charge is -2.18. The summed E-state index contributed by atoms with van der Waals surface area (Å²) in [5.74, 6) is -0.680. The van der Waals surface area contributed by atoms with Crippen LogP contribution < -0.4 is 5.73 Å². The number of nitrogens with two attached hydrogens (primary N) is 1. The Labute approximate surface area is 95.0 Å². The van der Waals surface area contributed by atoms with Gasteiger partial charge in [-0.15, -0.1) is 0 Å². The Morgan fingerprint density at radius 1 is 1.31 bits per heavy atom. The fourth-order valence-corrected chi connectivity index (χ4v) is 2.00. The summed E-state index contributed by atoms with van der Waals surface area (Å²) < 4.78 is 11.3. The molecule has 0 unspecified atom stereocenters. The number of benzene rings is 1. The van der Waals surface area contributed by atoms with Crippen molar-refractivity contribution in [1.82, 2.24) is 0 Å². The molecule has 0 aromatic heterocycles. The highest BCUT2D eigenvalue weighted by Crippen LogP contribution is 2.39. The second kappa shape index (κ2) is 4.05. The van der Waals surface area contributed by atoms with E-state index in [1.54, 1.807) is 0 Å². The molecule has 4 heteroatoms. The van der Waals surface area contributed by atoms with Crippen LogP contribution in [0.3, 0.4) is 0 Å². The summed E-state index contributed by atoms with van der Waals surface area (Å²) in [7, 11) is 0. The predicted molar refractivity (Wildman–Crippen MR) is 60.7 cm³/mol. The average Bonchev–Trinajstić information content (AvgIpc) is 2.54. The number of ether oxygens (including phenoxy) is 2. The summed E-state index contributed by atoms with van der Waals surface area (Å²) in [6, 6.07) is 7.48. The Bertz CT molecular complexity index is 378. The van der Waals surface area contributed by atoms with E-state index >= 15 is 0 Å². The third kappa shape index (κ3) is 2.04.